The highest BCUT2D eigenvalue weighted by Crippen LogP contribution is 2.61. The molecule has 5 rings (SSSR count). The van der Waals surface area contributed by atoms with Crippen molar-refractivity contribution < 1.29 is 9.90 Å². The Kier molecular flexibility index (Phi) is 3.91. The molecule has 3 nitrogen and oxygen atoms in total. The van der Waals surface area contributed by atoms with Crippen LogP contribution in [0, 0.1) is 17.3 Å². The summed E-state index contributed by atoms with van der Waals surface area (Å²) in [6.45, 7) is 1.95. The Morgan fingerprint density at radius 1 is 1.25 bits per heavy atom. The van der Waals surface area contributed by atoms with Gasteiger partial charge in [0.2, 0.25) is 5.91 Å². The van der Waals surface area contributed by atoms with Gasteiger partial charge in [-0.05, 0) is 75.0 Å². The standard InChI is InChI=1S/C19H23Cl2NO2/c1-11(15-3-2-14(20)5-16(15)21)22-17(23)18-6-12-4-13(7-18)9-19(24,8-12)10-18/h2-3,5,11-13,24H,4,6-10H2,1H3,(H,22,23)/t11-,12-,13-,18?,19?/m1/s1. The molecular weight excluding hydrogens is 345 g/mol. The van der Waals surface area contributed by atoms with Gasteiger partial charge in [0, 0.05) is 10.0 Å². The molecule has 1 amide bonds. The number of benzene rings is 1. The average Bonchev–Trinajstić information content (AvgIpc) is 2.44. The molecule has 0 aliphatic heterocycles. The number of halogens is 2. The molecule has 2 N–H and O–H groups in total. The third-order valence-electron chi connectivity index (χ3n) is 6.29. The van der Waals surface area contributed by atoms with E-state index in [4.69, 9.17) is 23.2 Å². The zero-order valence-electron chi connectivity index (χ0n) is 13.8. The molecule has 0 aromatic heterocycles. The summed E-state index contributed by atoms with van der Waals surface area (Å²) in [4.78, 5) is 13.1. The largest absolute Gasteiger partial charge is 0.390 e. The molecule has 4 aliphatic rings. The first-order chi connectivity index (χ1) is 11.3. The molecule has 3 atom stereocenters. The molecular formula is C19H23Cl2NO2. The third kappa shape index (κ3) is 2.75. The molecule has 4 bridgehead atoms. The second-order valence-corrected chi connectivity index (χ2v) is 9.17. The number of carbonyl (C=O) groups is 1. The van der Waals surface area contributed by atoms with Gasteiger partial charge in [-0.2, -0.15) is 0 Å². The lowest BCUT2D eigenvalue weighted by molar-refractivity contribution is -0.178. The predicted molar refractivity (Wildman–Crippen MR) is 95.1 cm³/mol. The molecule has 0 spiro atoms. The highest BCUT2D eigenvalue weighted by atomic mass is 35.5. The fourth-order valence-corrected chi connectivity index (χ4v) is 6.33. The van der Waals surface area contributed by atoms with Crippen LogP contribution < -0.4 is 5.32 Å². The molecule has 4 aliphatic carbocycles. The molecule has 24 heavy (non-hydrogen) atoms. The normalized spacial score (nSPS) is 38.2. The van der Waals surface area contributed by atoms with Gasteiger partial charge in [0.1, 0.15) is 0 Å². The molecule has 0 unspecified atom stereocenters. The quantitative estimate of drug-likeness (QED) is 0.825. The fourth-order valence-electron chi connectivity index (χ4n) is 5.76. The minimum atomic E-state index is -0.622. The maximum atomic E-state index is 13.1. The first kappa shape index (κ1) is 16.7. The highest BCUT2D eigenvalue weighted by molar-refractivity contribution is 6.35. The molecule has 0 heterocycles. The SMILES string of the molecule is C[C@@H](NC(=O)C12C[C@H]3C[C@@H](CC(O)(C3)C1)C2)c1ccc(Cl)cc1Cl. The molecule has 4 fully saturated rings. The first-order valence-corrected chi connectivity index (χ1v) is 9.53. The summed E-state index contributed by atoms with van der Waals surface area (Å²) in [5, 5.41) is 15.1. The number of rotatable bonds is 3. The molecule has 130 valence electrons. The van der Waals surface area contributed by atoms with Gasteiger partial charge in [0.15, 0.2) is 0 Å². The Labute approximate surface area is 152 Å². The van der Waals surface area contributed by atoms with Gasteiger partial charge in [0.05, 0.1) is 17.1 Å². The molecule has 0 saturated heterocycles. The minimum Gasteiger partial charge on any atom is -0.390 e. The van der Waals surface area contributed by atoms with E-state index in [0.717, 1.165) is 31.2 Å². The van der Waals surface area contributed by atoms with Crippen molar-refractivity contribution in [3.05, 3.63) is 33.8 Å². The van der Waals surface area contributed by atoms with Crippen LogP contribution in [0.1, 0.15) is 57.1 Å². The van der Waals surface area contributed by atoms with Crippen LogP contribution in [0.15, 0.2) is 18.2 Å². The van der Waals surface area contributed by atoms with Gasteiger partial charge < -0.3 is 10.4 Å². The Morgan fingerprint density at radius 2 is 1.92 bits per heavy atom. The number of amides is 1. The minimum absolute atomic E-state index is 0.0774. The number of aliphatic hydroxyl groups is 1. The second kappa shape index (κ2) is 5.62. The van der Waals surface area contributed by atoms with Gasteiger partial charge in [-0.15, -0.1) is 0 Å². The van der Waals surface area contributed by atoms with Crippen LogP contribution in [0.4, 0.5) is 0 Å². The zero-order chi connectivity index (χ0) is 17.1. The van der Waals surface area contributed by atoms with Crippen molar-refractivity contribution in [3.63, 3.8) is 0 Å². The third-order valence-corrected chi connectivity index (χ3v) is 6.85. The lowest BCUT2D eigenvalue weighted by Crippen LogP contribution is -2.60. The van der Waals surface area contributed by atoms with E-state index >= 15 is 0 Å². The van der Waals surface area contributed by atoms with Crippen molar-refractivity contribution in [2.45, 2.75) is 57.1 Å². The van der Waals surface area contributed by atoms with Gasteiger partial charge in [-0.1, -0.05) is 29.3 Å². The summed E-state index contributed by atoms with van der Waals surface area (Å²) in [5.41, 5.74) is -0.146. The lowest BCUT2D eigenvalue weighted by Gasteiger charge is -2.59. The summed E-state index contributed by atoms with van der Waals surface area (Å²) in [5.74, 6) is 1.07. The number of hydrogen-bond acceptors (Lipinski definition) is 2. The van der Waals surface area contributed by atoms with Gasteiger partial charge in [-0.25, -0.2) is 0 Å². The van der Waals surface area contributed by atoms with E-state index in [1.807, 2.05) is 13.0 Å². The van der Waals surface area contributed by atoms with Crippen molar-refractivity contribution in [2.24, 2.45) is 17.3 Å². The van der Waals surface area contributed by atoms with E-state index < -0.39 is 11.0 Å². The van der Waals surface area contributed by atoms with E-state index in [0.29, 0.717) is 28.3 Å². The number of carbonyl (C=O) groups excluding carboxylic acids is 1. The molecule has 5 heteroatoms. The summed E-state index contributed by atoms with van der Waals surface area (Å²) in [6, 6.07) is 5.18. The van der Waals surface area contributed by atoms with E-state index in [9.17, 15) is 9.90 Å². The monoisotopic (exact) mass is 367 g/mol. The maximum absolute atomic E-state index is 13.1. The molecule has 1 aromatic rings. The Balaban J connectivity index is 1.54. The van der Waals surface area contributed by atoms with Crippen LogP contribution in [-0.2, 0) is 4.79 Å². The molecule has 4 saturated carbocycles. The predicted octanol–water partition coefficient (Wildman–Crippen LogP) is 4.50. The van der Waals surface area contributed by atoms with E-state index in [1.165, 1.54) is 6.42 Å². The van der Waals surface area contributed by atoms with Crippen LogP contribution in [-0.4, -0.2) is 16.6 Å². The van der Waals surface area contributed by atoms with Crippen LogP contribution >= 0.6 is 23.2 Å². The van der Waals surface area contributed by atoms with Gasteiger partial charge in [-0.3, -0.25) is 4.79 Å². The zero-order valence-corrected chi connectivity index (χ0v) is 15.3. The summed E-state index contributed by atoms with van der Waals surface area (Å²) in [6.07, 6.45) is 5.36. The Bertz CT molecular complexity index is 676. The van der Waals surface area contributed by atoms with Crippen LogP contribution in [0.2, 0.25) is 10.0 Å². The van der Waals surface area contributed by atoms with Crippen LogP contribution in [0.3, 0.4) is 0 Å². The van der Waals surface area contributed by atoms with Crippen molar-refractivity contribution in [1.29, 1.82) is 0 Å². The van der Waals surface area contributed by atoms with Crippen molar-refractivity contribution >= 4 is 29.1 Å². The maximum Gasteiger partial charge on any atom is 0.226 e. The first-order valence-electron chi connectivity index (χ1n) is 8.77. The van der Waals surface area contributed by atoms with Gasteiger partial charge in [0.25, 0.3) is 0 Å². The average molecular weight is 368 g/mol. The van der Waals surface area contributed by atoms with Gasteiger partial charge >= 0.3 is 0 Å². The lowest BCUT2D eigenvalue weighted by atomic mass is 9.47. The van der Waals surface area contributed by atoms with Crippen molar-refractivity contribution in [2.75, 3.05) is 0 Å². The van der Waals surface area contributed by atoms with Crippen molar-refractivity contribution in [3.8, 4) is 0 Å². The molecule has 0 radical (unpaired) electrons. The van der Waals surface area contributed by atoms with E-state index in [-0.39, 0.29) is 11.9 Å². The number of hydrogen-bond donors (Lipinski definition) is 2. The van der Waals surface area contributed by atoms with Crippen LogP contribution in [0.5, 0.6) is 0 Å². The summed E-state index contributed by atoms with van der Waals surface area (Å²) < 4.78 is 0. The van der Waals surface area contributed by atoms with Crippen LogP contribution in [0.25, 0.3) is 0 Å². The Hall–Kier alpha value is -0.770. The topological polar surface area (TPSA) is 49.3 Å². The van der Waals surface area contributed by atoms with Crippen molar-refractivity contribution in [1.82, 2.24) is 5.32 Å². The smallest absolute Gasteiger partial charge is 0.226 e. The molecule has 1 aromatic carbocycles. The van der Waals surface area contributed by atoms with E-state index in [2.05, 4.69) is 5.32 Å². The summed E-state index contributed by atoms with van der Waals surface area (Å²) in [7, 11) is 0. The fraction of sp³-hybridized carbons (Fsp3) is 0.632. The number of nitrogens with one attached hydrogen (secondary N) is 1. The van der Waals surface area contributed by atoms with E-state index in [1.54, 1.807) is 12.1 Å². The summed E-state index contributed by atoms with van der Waals surface area (Å²) >= 11 is 12.2. The second-order valence-electron chi connectivity index (χ2n) is 8.33. The Morgan fingerprint density at radius 3 is 2.50 bits per heavy atom. The highest BCUT2D eigenvalue weighted by Gasteiger charge is 2.60.